The Morgan fingerprint density at radius 1 is 1.30 bits per heavy atom. The highest BCUT2D eigenvalue weighted by atomic mass is 35.5. The maximum Gasteiger partial charge on any atom is 0.287 e. The number of furan rings is 1. The van der Waals surface area contributed by atoms with E-state index >= 15 is 0 Å². The molecule has 2 heterocycles. The molecule has 1 aliphatic rings. The van der Waals surface area contributed by atoms with Gasteiger partial charge in [0, 0.05) is 12.1 Å². The first-order chi connectivity index (χ1) is 10.6. The molecule has 1 aromatic carbocycles. The molecule has 2 atom stereocenters. The number of hydrogen-bond acceptors (Lipinski definition) is 4. The number of piperidine rings is 1. The molecule has 124 valence electrons. The predicted molar refractivity (Wildman–Crippen MR) is 91.1 cm³/mol. The van der Waals surface area contributed by atoms with Gasteiger partial charge in [0.2, 0.25) is 0 Å². The molecule has 0 aliphatic carbocycles. The van der Waals surface area contributed by atoms with E-state index in [-0.39, 0.29) is 30.1 Å². The summed E-state index contributed by atoms with van der Waals surface area (Å²) in [7, 11) is 0. The Hall–Kier alpha value is -1.53. The van der Waals surface area contributed by atoms with Gasteiger partial charge < -0.3 is 20.2 Å². The van der Waals surface area contributed by atoms with Gasteiger partial charge in [-0.3, -0.25) is 4.79 Å². The van der Waals surface area contributed by atoms with Gasteiger partial charge in [-0.05, 0) is 37.2 Å². The van der Waals surface area contributed by atoms with Crippen molar-refractivity contribution in [1.29, 1.82) is 0 Å². The van der Waals surface area contributed by atoms with E-state index in [2.05, 4.69) is 10.6 Å². The molecule has 1 saturated heterocycles. The highest BCUT2D eigenvalue weighted by molar-refractivity contribution is 6.33. The molecule has 2 aromatic rings. The lowest BCUT2D eigenvalue weighted by Gasteiger charge is -2.28. The molecule has 0 spiro atoms. The monoisotopic (exact) mass is 356 g/mol. The molecule has 7 heteroatoms. The van der Waals surface area contributed by atoms with Crippen LogP contribution >= 0.6 is 24.0 Å². The van der Waals surface area contributed by atoms with Crippen LogP contribution in [0.5, 0.6) is 0 Å². The van der Waals surface area contributed by atoms with Crippen molar-refractivity contribution < 1.29 is 14.3 Å². The van der Waals surface area contributed by atoms with Crippen LogP contribution in [-0.4, -0.2) is 36.2 Å². The third-order valence-electron chi connectivity index (χ3n) is 3.73. The van der Waals surface area contributed by atoms with Crippen molar-refractivity contribution in [1.82, 2.24) is 10.6 Å². The molecule has 1 amide bonds. The Morgan fingerprint density at radius 2 is 2.09 bits per heavy atom. The Bertz CT molecular complexity index is 675. The average molecular weight is 357 g/mol. The van der Waals surface area contributed by atoms with E-state index in [0.717, 1.165) is 12.1 Å². The van der Waals surface area contributed by atoms with Crippen LogP contribution in [0.2, 0.25) is 5.02 Å². The fraction of sp³-hybridized carbons (Fsp3) is 0.312. The molecular weight excluding hydrogens is 339 g/mol. The van der Waals surface area contributed by atoms with E-state index in [1.807, 2.05) is 18.2 Å². The molecule has 3 rings (SSSR count). The van der Waals surface area contributed by atoms with Crippen LogP contribution in [-0.2, 0) is 0 Å². The number of aliphatic hydroxyl groups is 1. The molecular formula is C16H18Cl2N2O3. The van der Waals surface area contributed by atoms with Crippen molar-refractivity contribution in [2.45, 2.75) is 18.6 Å². The number of hydrogen-bond donors (Lipinski definition) is 3. The molecule has 0 unspecified atom stereocenters. The predicted octanol–water partition coefficient (Wildman–Crippen LogP) is 2.47. The summed E-state index contributed by atoms with van der Waals surface area (Å²) in [6, 6.07) is 10.3. The SMILES string of the molecule is Cl.O=C(N[C@@H]1CNCC[C@H]1O)c1ccc(-c2ccccc2Cl)o1. The molecule has 3 N–H and O–H groups in total. The third kappa shape index (κ3) is 4.06. The Kier molecular flexibility index (Phi) is 6.07. The Morgan fingerprint density at radius 3 is 2.83 bits per heavy atom. The van der Waals surface area contributed by atoms with E-state index in [4.69, 9.17) is 16.0 Å². The number of benzene rings is 1. The van der Waals surface area contributed by atoms with Gasteiger partial charge in [0.25, 0.3) is 5.91 Å². The second-order valence-corrected chi connectivity index (χ2v) is 5.69. The minimum atomic E-state index is -0.539. The van der Waals surface area contributed by atoms with Gasteiger partial charge in [-0.25, -0.2) is 0 Å². The van der Waals surface area contributed by atoms with Crippen LogP contribution in [0.1, 0.15) is 17.0 Å². The van der Waals surface area contributed by atoms with Gasteiger partial charge in [0.05, 0.1) is 17.2 Å². The smallest absolute Gasteiger partial charge is 0.287 e. The van der Waals surface area contributed by atoms with E-state index < -0.39 is 6.10 Å². The molecule has 1 aliphatic heterocycles. The highest BCUT2D eigenvalue weighted by Gasteiger charge is 2.25. The fourth-order valence-corrected chi connectivity index (χ4v) is 2.73. The largest absolute Gasteiger partial charge is 0.451 e. The van der Waals surface area contributed by atoms with Crippen molar-refractivity contribution >= 4 is 29.9 Å². The maximum absolute atomic E-state index is 12.2. The summed E-state index contributed by atoms with van der Waals surface area (Å²) in [5.41, 5.74) is 0.739. The van der Waals surface area contributed by atoms with E-state index in [0.29, 0.717) is 23.7 Å². The number of aliphatic hydroxyl groups excluding tert-OH is 1. The lowest BCUT2D eigenvalue weighted by molar-refractivity contribution is 0.0734. The maximum atomic E-state index is 12.2. The first-order valence-corrected chi connectivity index (χ1v) is 7.57. The van der Waals surface area contributed by atoms with E-state index in [1.165, 1.54) is 0 Å². The summed E-state index contributed by atoms with van der Waals surface area (Å²) >= 11 is 6.12. The minimum Gasteiger partial charge on any atom is -0.451 e. The number of nitrogens with one attached hydrogen (secondary N) is 2. The van der Waals surface area contributed by atoms with Crippen molar-refractivity contribution in [3.8, 4) is 11.3 Å². The van der Waals surface area contributed by atoms with Crippen LogP contribution < -0.4 is 10.6 Å². The number of carbonyl (C=O) groups excluding carboxylic acids is 1. The zero-order chi connectivity index (χ0) is 15.5. The van der Waals surface area contributed by atoms with E-state index in [1.54, 1.807) is 18.2 Å². The van der Waals surface area contributed by atoms with Crippen molar-refractivity contribution in [2.24, 2.45) is 0 Å². The minimum absolute atomic E-state index is 0. The first-order valence-electron chi connectivity index (χ1n) is 7.19. The molecule has 1 aromatic heterocycles. The second kappa shape index (κ2) is 7.84. The van der Waals surface area contributed by atoms with Crippen LogP contribution in [0.15, 0.2) is 40.8 Å². The normalized spacial score (nSPS) is 20.6. The molecule has 1 fully saturated rings. The average Bonchev–Trinajstić information content (AvgIpc) is 3.00. The van der Waals surface area contributed by atoms with Crippen molar-refractivity contribution in [2.75, 3.05) is 13.1 Å². The number of carbonyl (C=O) groups is 1. The van der Waals surface area contributed by atoms with Gasteiger partial charge in [-0.1, -0.05) is 23.7 Å². The fourth-order valence-electron chi connectivity index (χ4n) is 2.50. The zero-order valence-electron chi connectivity index (χ0n) is 12.3. The number of halogens is 2. The summed E-state index contributed by atoms with van der Waals surface area (Å²) in [6.45, 7) is 1.30. The van der Waals surface area contributed by atoms with Crippen LogP contribution in [0, 0.1) is 0 Å². The number of amides is 1. The molecule has 0 radical (unpaired) electrons. The zero-order valence-corrected chi connectivity index (χ0v) is 13.9. The third-order valence-corrected chi connectivity index (χ3v) is 4.06. The van der Waals surface area contributed by atoms with E-state index in [9.17, 15) is 9.90 Å². The molecule has 0 bridgehead atoms. The van der Waals surface area contributed by atoms with Crippen LogP contribution in [0.4, 0.5) is 0 Å². The second-order valence-electron chi connectivity index (χ2n) is 5.28. The van der Waals surface area contributed by atoms with Crippen LogP contribution in [0.25, 0.3) is 11.3 Å². The van der Waals surface area contributed by atoms with Gasteiger partial charge >= 0.3 is 0 Å². The van der Waals surface area contributed by atoms with Gasteiger partial charge in [-0.2, -0.15) is 0 Å². The lowest BCUT2D eigenvalue weighted by atomic mass is 10.0. The van der Waals surface area contributed by atoms with Gasteiger partial charge in [0.1, 0.15) is 5.76 Å². The lowest BCUT2D eigenvalue weighted by Crippen LogP contribution is -2.53. The molecule has 5 nitrogen and oxygen atoms in total. The van der Waals surface area contributed by atoms with Crippen molar-refractivity contribution in [3.05, 3.63) is 47.2 Å². The van der Waals surface area contributed by atoms with Gasteiger partial charge in [0.15, 0.2) is 5.76 Å². The van der Waals surface area contributed by atoms with Crippen LogP contribution in [0.3, 0.4) is 0 Å². The topological polar surface area (TPSA) is 74.5 Å². The first kappa shape index (κ1) is 17.8. The quantitative estimate of drug-likeness (QED) is 0.789. The van der Waals surface area contributed by atoms with Gasteiger partial charge in [-0.15, -0.1) is 12.4 Å². The summed E-state index contributed by atoms with van der Waals surface area (Å²) in [5, 5.41) is 16.4. The van der Waals surface area contributed by atoms with Crippen molar-refractivity contribution in [3.63, 3.8) is 0 Å². The Labute approximate surface area is 145 Å². The summed E-state index contributed by atoms with van der Waals surface area (Å²) in [5.74, 6) is 0.400. The highest BCUT2D eigenvalue weighted by Crippen LogP contribution is 2.29. The number of rotatable bonds is 3. The molecule has 23 heavy (non-hydrogen) atoms. The summed E-state index contributed by atoms with van der Waals surface area (Å²) in [6.07, 6.45) is 0.0803. The standard InChI is InChI=1S/C16H17ClN2O3.ClH/c17-11-4-2-1-3-10(11)14-5-6-15(22-14)16(21)19-12-9-18-8-7-13(12)20;/h1-6,12-13,18,20H,7-9H2,(H,19,21);1H/t12-,13-;/m1./s1. The summed E-state index contributed by atoms with van der Waals surface area (Å²) in [4.78, 5) is 12.2. The molecule has 0 saturated carbocycles. The summed E-state index contributed by atoms with van der Waals surface area (Å²) < 4.78 is 5.59. The Balaban J connectivity index is 0.00000192.